The molecular weight excluding hydrogens is 290 g/mol. The molecule has 0 unspecified atom stereocenters. The van der Waals surface area contributed by atoms with Crippen LogP contribution in [-0.4, -0.2) is 23.9 Å². The van der Waals surface area contributed by atoms with Crippen molar-refractivity contribution in [2.45, 2.75) is 19.8 Å². The number of rotatable bonds is 3. The first-order chi connectivity index (χ1) is 11.1. The highest BCUT2D eigenvalue weighted by Gasteiger charge is 2.22. The van der Waals surface area contributed by atoms with E-state index in [1.165, 1.54) is 0 Å². The maximum absolute atomic E-state index is 12.5. The molecule has 1 aliphatic rings. The Balaban J connectivity index is 2.36. The molecule has 0 radical (unpaired) electrons. The minimum atomic E-state index is -0.289. The summed E-state index contributed by atoms with van der Waals surface area (Å²) in [5.74, 6) is -0.0353. The van der Waals surface area contributed by atoms with Gasteiger partial charge < -0.3 is 10.2 Å². The Morgan fingerprint density at radius 2 is 1.78 bits per heavy atom. The Morgan fingerprint density at radius 1 is 1.13 bits per heavy atom. The molecule has 0 bridgehead atoms. The molecule has 0 aromatic heterocycles. The van der Waals surface area contributed by atoms with E-state index in [0.29, 0.717) is 16.8 Å². The number of anilines is 1. The maximum Gasteiger partial charge on any atom is 0.254 e. The van der Waals surface area contributed by atoms with Crippen molar-refractivity contribution >= 4 is 11.6 Å². The molecule has 2 rings (SSSR count). The number of amides is 1. The quantitative estimate of drug-likeness (QED) is 0.864. The second-order valence-electron chi connectivity index (χ2n) is 5.19. The van der Waals surface area contributed by atoms with Gasteiger partial charge in [-0.25, -0.2) is 0 Å². The zero-order chi connectivity index (χ0) is 16.8. The van der Waals surface area contributed by atoms with Gasteiger partial charge in [-0.15, -0.1) is 0 Å². The number of allylic oxidation sites excluding steroid dienone is 2. The lowest BCUT2D eigenvalue weighted by Crippen LogP contribution is -2.28. The van der Waals surface area contributed by atoms with Gasteiger partial charge in [-0.1, -0.05) is 6.07 Å². The fourth-order valence-electron chi connectivity index (χ4n) is 2.51. The predicted octanol–water partition coefficient (Wildman–Crippen LogP) is 2.47. The first-order valence-electron chi connectivity index (χ1n) is 7.23. The van der Waals surface area contributed by atoms with Crippen LogP contribution < -0.4 is 5.32 Å². The summed E-state index contributed by atoms with van der Waals surface area (Å²) in [4.78, 5) is 14.3. The van der Waals surface area contributed by atoms with E-state index in [1.54, 1.807) is 37.3 Å². The largest absolute Gasteiger partial charge is 0.345 e. The minimum Gasteiger partial charge on any atom is -0.345 e. The van der Waals surface area contributed by atoms with Crippen LogP contribution in [0.2, 0.25) is 0 Å². The van der Waals surface area contributed by atoms with Crippen molar-refractivity contribution in [3.8, 4) is 18.2 Å². The molecular formula is C17H15N5O. The average Bonchev–Trinajstić information content (AvgIpc) is 3.10. The summed E-state index contributed by atoms with van der Waals surface area (Å²) in [6, 6.07) is 10.3. The molecule has 1 amide bonds. The number of nitriles is 3. The van der Waals surface area contributed by atoms with Crippen LogP contribution in [0.1, 0.15) is 28.8 Å². The predicted molar refractivity (Wildman–Crippen MR) is 83.8 cm³/mol. The molecule has 0 atom stereocenters. The molecule has 6 nitrogen and oxygen atoms in total. The van der Waals surface area contributed by atoms with Gasteiger partial charge in [0.25, 0.3) is 5.91 Å². The van der Waals surface area contributed by atoms with Crippen molar-refractivity contribution < 1.29 is 4.79 Å². The molecule has 6 heteroatoms. The summed E-state index contributed by atoms with van der Waals surface area (Å²) in [7, 11) is 0. The van der Waals surface area contributed by atoms with Crippen molar-refractivity contribution in [1.82, 2.24) is 4.90 Å². The Morgan fingerprint density at radius 3 is 2.35 bits per heavy atom. The van der Waals surface area contributed by atoms with Crippen LogP contribution in [0.3, 0.4) is 0 Å². The number of nitrogens with zero attached hydrogens (tertiary/aromatic N) is 4. The lowest BCUT2D eigenvalue weighted by atomic mass is 10.0. The standard InChI is InChI=1S/C17H15N5O/c1-12-14(17(23)22-7-2-3-8-22)5-4-6-15(12)21-16(11-20)13(9-18)10-19/h4-6,21H,2-3,7-8H2,1H3. The molecule has 1 aromatic carbocycles. The van der Waals surface area contributed by atoms with Crippen molar-refractivity contribution in [1.29, 1.82) is 15.8 Å². The Bertz CT molecular complexity index is 767. The number of nitrogens with one attached hydrogen (secondary N) is 1. The summed E-state index contributed by atoms with van der Waals surface area (Å²) in [6.45, 7) is 3.29. The fraction of sp³-hybridized carbons (Fsp3) is 0.294. The fourth-order valence-corrected chi connectivity index (χ4v) is 2.51. The molecule has 23 heavy (non-hydrogen) atoms. The normalized spacial score (nSPS) is 12.7. The summed E-state index contributed by atoms with van der Waals surface area (Å²) in [5.41, 5.74) is 1.37. The van der Waals surface area contributed by atoms with Gasteiger partial charge in [0.1, 0.15) is 23.9 Å². The van der Waals surface area contributed by atoms with E-state index in [1.807, 2.05) is 11.0 Å². The van der Waals surface area contributed by atoms with Gasteiger partial charge in [-0.3, -0.25) is 4.79 Å². The lowest BCUT2D eigenvalue weighted by molar-refractivity contribution is 0.0792. The van der Waals surface area contributed by atoms with Gasteiger partial charge in [-0.2, -0.15) is 15.8 Å². The third kappa shape index (κ3) is 3.31. The van der Waals surface area contributed by atoms with Gasteiger partial charge in [0.05, 0.1) is 0 Å². The smallest absolute Gasteiger partial charge is 0.254 e. The topological polar surface area (TPSA) is 104 Å². The average molecular weight is 305 g/mol. The summed E-state index contributed by atoms with van der Waals surface area (Å²) in [5, 5.41) is 29.7. The first kappa shape index (κ1) is 16.1. The van der Waals surface area contributed by atoms with E-state index in [2.05, 4.69) is 5.32 Å². The number of hydrogen-bond acceptors (Lipinski definition) is 5. The van der Waals surface area contributed by atoms with Crippen molar-refractivity contribution in [3.63, 3.8) is 0 Å². The molecule has 0 aliphatic carbocycles. The minimum absolute atomic E-state index is 0.0353. The second kappa shape index (κ2) is 7.11. The molecule has 0 saturated carbocycles. The van der Waals surface area contributed by atoms with Gasteiger partial charge in [0, 0.05) is 24.3 Å². The van der Waals surface area contributed by atoms with E-state index in [-0.39, 0.29) is 17.2 Å². The van der Waals surface area contributed by atoms with Crippen LogP contribution in [0.4, 0.5) is 5.69 Å². The van der Waals surface area contributed by atoms with Crippen LogP contribution in [-0.2, 0) is 0 Å². The molecule has 1 aromatic rings. The van der Waals surface area contributed by atoms with E-state index in [4.69, 9.17) is 15.8 Å². The van der Waals surface area contributed by atoms with Crippen LogP contribution in [0, 0.1) is 40.9 Å². The zero-order valence-corrected chi connectivity index (χ0v) is 12.8. The Kier molecular flexibility index (Phi) is 4.97. The Hall–Kier alpha value is -3.30. The lowest BCUT2D eigenvalue weighted by Gasteiger charge is -2.18. The Labute approximate surface area is 134 Å². The van der Waals surface area contributed by atoms with E-state index < -0.39 is 0 Å². The van der Waals surface area contributed by atoms with Gasteiger partial charge >= 0.3 is 0 Å². The number of carbonyl (C=O) groups is 1. The summed E-state index contributed by atoms with van der Waals surface area (Å²) in [6.07, 6.45) is 2.02. The van der Waals surface area contributed by atoms with Crippen molar-refractivity contribution in [2.75, 3.05) is 18.4 Å². The van der Waals surface area contributed by atoms with E-state index in [9.17, 15) is 4.79 Å². The van der Waals surface area contributed by atoms with Gasteiger partial charge in [0.15, 0.2) is 5.57 Å². The van der Waals surface area contributed by atoms with Crippen LogP contribution >= 0.6 is 0 Å². The zero-order valence-electron chi connectivity index (χ0n) is 12.8. The monoisotopic (exact) mass is 305 g/mol. The number of likely N-dealkylation sites (tertiary alicyclic amines) is 1. The highest BCUT2D eigenvalue weighted by molar-refractivity contribution is 5.97. The molecule has 114 valence electrons. The first-order valence-corrected chi connectivity index (χ1v) is 7.23. The van der Waals surface area contributed by atoms with Gasteiger partial charge in [-0.05, 0) is 37.5 Å². The molecule has 1 N–H and O–H groups in total. The van der Waals surface area contributed by atoms with E-state index in [0.717, 1.165) is 25.9 Å². The van der Waals surface area contributed by atoms with Gasteiger partial charge in [0.2, 0.25) is 0 Å². The van der Waals surface area contributed by atoms with Crippen molar-refractivity contribution in [3.05, 3.63) is 40.6 Å². The van der Waals surface area contributed by atoms with Crippen LogP contribution in [0.25, 0.3) is 0 Å². The van der Waals surface area contributed by atoms with Crippen LogP contribution in [0.5, 0.6) is 0 Å². The highest BCUT2D eigenvalue weighted by Crippen LogP contribution is 2.23. The summed E-state index contributed by atoms with van der Waals surface area (Å²) < 4.78 is 0. The summed E-state index contributed by atoms with van der Waals surface area (Å²) >= 11 is 0. The SMILES string of the molecule is Cc1c(NC(C#N)=C(C#N)C#N)cccc1C(=O)N1CCCC1. The second-order valence-corrected chi connectivity index (χ2v) is 5.19. The van der Waals surface area contributed by atoms with Crippen LogP contribution in [0.15, 0.2) is 29.5 Å². The number of benzene rings is 1. The molecule has 1 fully saturated rings. The number of hydrogen-bond donors (Lipinski definition) is 1. The van der Waals surface area contributed by atoms with Crippen molar-refractivity contribution in [2.24, 2.45) is 0 Å². The molecule has 1 saturated heterocycles. The third-order valence-electron chi connectivity index (χ3n) is 3.80. The molecule has 1 aliphatic heterocycles. The molecule has 0 spiro atoms. The van der Waals surface area contributed by atoms with E-state index >= 15 is 0 Å². The maximum atomic E-state index is 12.5. The molecule has 1 heterocycles. The highest BCUT2D eigenvalue weighted by atomic mass is 16.2. The number of carbonyl (C=O) groups excluding carboxylic acids is 1. The third-order valence-corrected chi connectivity index (χ3v) is 3.80.